The van der Waals surface area contributed by atoms with Crippen LogP contribution in [0.15, 0.2) is 24.3 Å². The Labute approximate surface area is 114 Å². The molecule has 2 rings (SSSR count). The van der Waals surface area contributed by atoms with E-state index in [9.17, 15) is 0 Å². The van der Waals surface area contributed by atoms with Crippen LogP contribution in [0.5, 0.6) is 0 Å². The zero-order valence-electron chi connectivity index (χ0n) is 10.9. The quantitative estimate of drug-likeness (QED) is 0.792. The van der Waals surface area contributed by atoms with E-state index in [1.807, 2.05) is 12.1 Å². The summed E-state index contributed by atoms with van der Waals surface area (Å²) in [7, 11) is 0. The second-order valence-electron chi connectivity index (χ2n) is 5.30. The van der Waals surface area contributed by atoms with E-state index in [1.165, 1.54) is 18.4 Å². The van der Waals surface area contributed by atoms with Gasteiger partial charge in [0.1, 0.15) is 0 Å². The minimum Gasteiger partial charge on any atom is -0.396 e. The number of aliphatic hydroxyl groups is 1. The van der Waals surface area contributed by atoms with Gasteiger partial charge in [-0.05, 0) is 56.2 Å². The normalized spacial score (nSPS) is 18.6. The number of benzene rings is 1. The van der Waals surface area contributed by atoms with Crippen LogP contribution < -0.4 is 5.32 Å². The Morgan fingerprint density at radius 3 is 2.56 bits per heavy atom. The Balaban J connectivity index is 1.97. The molecule has 2 unspecified atom stereocenters. The van der Waals surface area contributed by atoms with Crippen LogP contribution in [0.2, 0.25) is 5.02 Å². The minimum atomic E-state index is 0.279. The summed E-state index contributed by atoms with van der Waals surface area (Å²) in [5.74, 6) is 0.766. The highest BCUT2D eigenvalue weighted by atomic mass is 35.5. The molecule has 1 aromatic carbocycles. The van der Waals surface area contributed by atoms with Gasteiger partial charge in [-0.1, -0.05) is 23.7 Å². The van der Waals surface area contributed by atoms with E-state index in [4.69, 9.17) is 16.7 Å². The molecular weight excluding hydrogens is 246 g/mol. The molecule has 100 valence electrons. The first-order chi connectivity index (χ1) is 8.70. The van der Waals surface area contributed by atoms with Crippen molar-refractivity contribution in [3.8, 4) is 0 Å². The summed E-state index contributed by atoms with van der Waals surface area (Å²) >= 11 is 5.94. The average Bonchev–Trinajstić information content (AvgIpc) is 3.19. The third-order valence-corrected chi connectivity index (χ3v) is 3.83. The van der Waals surface area contributed by atoms with E-state index in [2.05, 4.69) is 24.4 Å². The number of halogens is 1. The van der Waals surface area contributed by atoms with Crippen LogP contribution in [0.4, 0.5) is 0 Å². The highest BCUT2D eigenvalue weighted by molar-refractivity contribution is 6.30. The molecule has 2 N–H and O–H groups in total. The smallest absolute Gasteiger partial charge is 0.0431 e. The van der Waals surface area contributed by atoms with Gasteiger partial charge in [0, 0.05) is 23.7 Å². The first-order valence-electron chi connectivity index (χ1n) is 6.83. The third kappa shape index (κ3) is 3.98. The maximum absolute atomic E-state index is 8.88. The van der Waals surface area contributed by atoms with Crippen molar-refractivity contribution in [1.82, 2.24) is 5.32 Å². The van der Waals surface area contributed by atoms with Crippen molar-refractivity contribution in [3.05, 3.63) is 34.9 Å². The van der Waals surface area contributed by atoms with E-state index in [0.717, 1.165) is 23.8 Å². The second kappa shape index (κ2) is 6.55. The van der Waals surface area contributed by atoms with Crippen molar-refractivity contribution < 1.29 is 5.11 Å². The summed E-state index contributed by atoms with van der Waals surface area (Å²) in [6.07, 6.45) is 4.51. The molecule has 1 aromatic rings. The highest BCUT2D eigenvalue weighted by Gasteiger charge is 2.32. The first kappa shape index (κ1) is 13.9. The number of hydrogen-bond donors (Lipinski definition) is 2. The molecule has 0 radical (unpaired) electrons. The molecule has 0 aromatic heterocycles. The van der Waals surface area contributed by atoms with Gasteiger partial charge in [0.05, 0.1) is 0 Å². The summed E-state index contributed by atoms with van der Waals surface area (Å²) in [6, 6.07) is 9.06. The fourth-order valence-corrected chi connectivity index (χ4v) is 2.52. The zero-order chi connectivity index (χ0) is 13.0. The summed E-state index contributed by atoms with van der Waals surface area (Å²) < 4.78 is 0. The molecule has 0 bridgehead atoms. The predicted octanol–water partition coefficient (Wildman–Crippen LogP) is 3.54. The summed E-state index contributed by atoms with van der Waals surface area (Å²) in [6.45, 7) is 2.47. The average molecular weight is 268 g/mol. The third-order valence-electron chi connectivity index (χ3n) is 3.58. The monoisotopic (exact) mass is 267 g/mol. The van der Waals surface area contributed by atoms with Crippen molar-refractivity contribution >= 4 is 11.6 Å². The molecule has 18 heavy (non-hydrogen) atoms. The van der Waals surface area contributed by atoms with Crippen LogP contribution in [0.25, 0.3) is 0 Å². The van der Waals surface area contributed by atoms with Crippen LogP contribution in [-0.4, -0.2) is 17.8 Å². The summed E-state index contributed by atoms with van der Waals surface area (Å²) in [4.78, 5) is 0. The van der Waals surface area contributed by atoms with E-state index in [-0.39, 0.29) is 6.61 Å². The Morgan fingerprint density at radius 2 is 2.00 bits per heavy atom. The van der Waals surface area contributed by atoms with Crippen molar-refractivity contribution in [3.63, 3.8) is 0 Å². The topological polar surface area (TPSA) is 32.3 Å². The fraction of sp³-hybridized carbons (Fsp3) is 0.600. The van der Waals surface area contributed by atoms with Gasteiger partial charge in [-0.15, -0.1) is 0 Å². The lowest BCUT2D eigenvalue weighted by atomic mass is 10.0. The summed E-state index contributed by atoms with van der Waals surface area (Å²) in [5, 5.41) is 13.4. The van der Waals surface area contributed by atoms with Gasteiger partial charge >= 0.3 is 0 Å². The zero-order valence-corrected chi connectivity index (χ0v) is 11.7. The lowest BCUT2D eigenvalue weighted by molar-refractivity contribution is 0.272. The molecular formula is C15H22ClNO. The Morgan fingerprint density at radius 1 is 1.33 bits per heavy atom. The van der Waals surface area contributed by atoms with E-state index < -0.39 is 0 Å². The van der Waals surface area contributed by atoms with Crippen LogP contribution in [-0.2, 0) is 0 Å². The van der Waals surface area contributed by atoms with Gasteiger partial charge in [0.2, 0.25) is 0 Å². The number of rotatable bonds is 7. The standard InChI is InChI=1S/C15H22ClNO/c1-11(3-2-10-18)17-15(12-4-5-12)13-6-8-14(16)9-7-13/h6-9,11-12,15,17-18H,2-5,10H2,1H3. The molecule has 1 saturated carbocycles. The Kier molecular flexibility index (Phi) is 5.04. The highest BCUT2D eigenvalue weighted by Crippen LogP contribution is 2.41. The van der Waals surface area contributed by atoms with Crippen LogP contribution in [0.1, 0.15) is 44.2 Å². The fourth-order valence-electron chi connectivity index (χ4n) is 2.39. The van der Waals surface area contributed by atoms with Crippen LogP contribution in [0.3, 0.4) is 0 Å². The molecule has 0 saturated heterocycles. The largest absolute Gasteiger partial charge is 0.396 e. The molecule has 1 fully saturated rings. The molecule has 1 aliphatic carbocycles. The van der Waals surface area contributed by atoms with E-state index in [0.29, 0.717) is 12.1 Å². The predicted molar refractivity (Wildman–Crippen MR) is 75.8 cm³/mol. The molecule has 0 spiro atoms. The van der Waals surface area contributed by atoms with Gasteiger partial charge in [-0.2, -0.15) is 0 Å². The lowest BCUT2D eigenvalue weighted by Gasteiger charge is -2.23. The van der Waals surface area contributed by atoms with Crippen molar-refractivity contribution in [2.75, 3.05) is 6.61 Å². The maximum atomic E-state index is 8.88. The molecule has 0 heterocycles. The molecule has 0 aliphatic heterocycles. The van der Waals surface area contributed by atoms with Crippen molar-refractivity contribution in [1.29, 1.82) is 0 Å². The maximum Gasteiger partial charge on any atom is 0.0431 e. The SMILES string of the molecule is CC(CCCO)NC(c1ccc(Cl)cc1)C1CC1. The number of nitrogens with one attached hydrogen (secondary N) is 1. The molecule has 2 nitrogen and oxygen atoms in total. The van der Waals surface area contributed by atoms with Crippen molar-refractivity contribution in [2.24, 2.45) is 5.92 Å². The van der Waals surface area contributed by atoms with Gasteiger partial charge in [0.25, 0.3) is 0 Å². The summed E-state index contributed by atoms with van der Waals surface area (Å²) in [5.41, 5.74) is 1.33. The Hall–Kier alpha value is -0.570. The van der Waals surface area contributed by atoms with Crippen LogP contribution in [0, 0.1) is 5.92 Å². The molecule has 1 aliphatic rings. The van der Waals surface area contributed by atoms with Gasteiger partial charge in [-0.25, -0.2) is 0 Å². The second-order valence-corrected chi connectivity index (χ2v) is 5.74. The van der Waals surface area contributed by atoms with Gasteiger partial charge in [-0.3, -0.25) is 0 Å². The van der Waals surface area contributed by atoms with Gasteiger partial charge < -0.3 is 10.4 Å². The lowest BCUT2D eigenvalue weighted by Crippen LogP contribution is -2.32. The number of aliphatic hydroxyl groups excluding tert-OH is 1. The van der Waals surface area contributed by atoms with Crippen molar-refractivity contribution in [2.45, 2.75) is 44.7 Å². The Bertz CT molecular complexity index is 361. The molecule has 2 atom stereocenters. The van der Waals surface area contributed by atoms with E-state index >= 15 is 0 Å². The molecule has 0 amide bonds. The van der Waals surface area contributed by atoms with Gasteiger partial charge in [0.15, 0.2) is 0 Å². The minimum absolute atomic E-state index is 0.279. The van der Waals surface area contributed by atoms with E-state index in [1.54, 1.807) is 0 Å². The number of hydrogen-bond acceptors (Lipinski definition) is 2. The first-order valence-corrected chi connectivity index (χ1v) is 7.21. The molecule has 3 heteroatoms. The van der Waals surface area contributed by atoms with Crippen LogP contribution >= 0.6 is 11.6 Å².